The molecule has 0 aromatic heterocycles. The molecule has 0 radical (unpaired) electrons. The summed E-state index contributed by atoms with van der Waals surface area (Å²) in [6.45, 7) is 0. The number of anilines is 1. The lowest BCUT2D eigenvalue weighted by atomic mass is 10.1. The van der Waals surface area contributed by atoms with Crippen LogP contribution in [0.2, 0.25) is 5.02 Å². The second kappa shape index (κ2) is 9.56. The van der Waals surface area contributed by atoms with E-state index >= 15 is 0 Å². The quantitative estimate of drug-likeness (QED) is 0.193. The molecule has 1 saturated heterocycles. The minimum Gasteiger partial charge on any atom is -0.493 e. The Hall–Kier alpha value is -3.13. The molecule has 3 aromatic rings. The second-order valence-corrected chi connectivity index (χ2v) is 8.77. The normalized spacial score (nSPS) is 14.7. The van der Waals surface area contributed by atoms with Gasteiger partial charge in [0, 0.05) is 5.02 Å². The third-order valence-corrected chi connectivity index (χ3v) is 6.13. The molecule has 0 N–H and O–H groups in total. The molecule has 0 atom stereocenters. The van der Waals surface area contributed by atoms with E-state index < -0.39 is 5.97 Å². The fourth-order valence-electron chi connectivity index (χ4n) is 3.02. The summed E-state index contributed by atoms with van der Waals surface area (Å²) in [5, 5.41) is 0.529. The van der Waals surface area contributed by atoms with Crippen LogP contribution in [0.5, 0.6) is 11.5 Å². The number of ether oxygens (including phenoxy) is 2. The average Bonchev–Trinajstić information content (AvgIpc) is 3.08. The van der Waals surface area contributed by atoms with E-state index in [1.54, 1.807) is 48.5 Å². The van der Waals surface area contributed by atoms with Crippen LogP contribution in [0.1, 0.15) is 15.9 Å². The lowest BCUT2D eigenvalue weighted by Gasteiger charge is -2.13. The number of carbonyl (C=O) groups excluding carboxylic acids is 2. The number of amides is 1. The molecule has 1 heterocycles. The van der Waals surface area contributed by atoms with Crippen molar-refractivity contribution in [2.75, 3.05) is 12.0 Å². The number of methoxy groups -OCH3 is 1. The number of esters is 1. The predicted molar refractivity (Wildman–Crippen MR) is 131 cm³/mol. The minimum absolute atomic E-state index is 0.191. The van der Waals surface area contributed by atoms with Crippen molar-refractivity contribution >= 4 is 63.5 Å². The van der Waals surface area contributed by atoms with Crippen molar-refractivity contribution in [1.29, 1.82) is 0 Å². The molecule has 0 saturated carbocycles. The van der Waals surface area contributed by atoms with Crippen LogP contribution in [0, 0.1) is 0 Å². The van der Waals surface area contributed by atoms with E-state index in [-0.39, 0.29) is 11.7 Å². The summed E-state index contributed by atoms with van der Waals surface area (Å²) >= 11 is 12.5. The van der Waals surface area contributed by atoms with Crippen molar-refractivity contribution < 1.29 is 19.1 Å². The molecule has 4 rings (SSSR count). The Labute approximate surface area is 199 Å². The number of thiocarbonyl (C=S) groups is 1. The number of para-hydroxylation sites is 1. The van der Waals surface area contributed by atoms with Gasteiger partial charge in [0.2, 0.25) is 0 Å². The van der Waals surface area contributed by atoms with E-state index in [1.807, 2.05) is 30.3 Å². The van der Waals surface area contributed by atoms with E-state index in [0.717, 1.165) is 5.69 Å². The Morgan fingerprint density at radius 3 is 2.44 bits per heavy atom. The fraction of sp³-hybridized carbons (Fsp3) is 0.0417. The molecule has 1 aliphatic heterocycles. The summed E-state index contributed by atoms with van der Waals surface area (Å²) < 4.78 is 11.3. The number of thioether (sulfide) groups is 1. The number of benzene rings is 3. The number of rotatable bonds is 5. The highest BCUT2D eigenvalue weighted by molar-refractivity contribution is 8.27. The Morgan fingerprint density at radius 2 is 1.75 bits per heavy atom. The van der Waals surface area contributed by atoms with Gasteiger partial charge in [0.25, 0.3) is 5.91 Å². The number of nitrogens with zero attached hydrogens (tertiary/aromatic N) is 1. The Bertz CT molecular complexity index is 1230. The molecule has 3 aromatic carbocycles. The number of halogens is 1. The summed E-state index contributed by atoms with van der Waals surface area (Å²) in [6.07, 6.45) is 1.73. The van der Waals surface area contributed by atoms with Crippen LogP contribution >= 0.6 is 35.6 Å². The third-order valence-electron chi connectivity index (χ3n) is 4.58. The summed E-state index contributed by atoms with van der Waals surface area (Å²) in [5.41, 5.74) is 1.80. The van der Waals surface area contributed by atoms with Crippen molar-refractivity contribution in [2.24, 2.45) is 0 Å². The van der Waals surface area contributed by atoms with Crippen LogP contribution in [0.3, 0.4) is 0 Å². The van der Waals surface area contributed by atoms with E-state index in [2.05, 4.69) is 0 Å². The first-order valence-corrected chi connectivity index (χ1v) is 11.1. The van der Waals surface area contributed by atoms with Gasteiger partial charge in [-0.3, -0.25) is 9.69 Å². The molecule has 5 nitrogen and oxygen atoms in total. The van der Waals surface area contributed by atoms with Gasteiger partial charge in [0.05, 0.1) is 23.3 Å². The molecule has 0 spiro atoms. The maximum Gasteiger partial charge on any atom is 0.343 e. The highest BCUT2D eigenvalue weighted by Gasteiger charge is 2.33. The fourth-order valence-corrected chi connectivity index (χ4v) is 4.45. The van der Waals surface area contributed by atoms with Crippen LogP contribution in [-0.2, 0) is 4.79 Å². The monoisotopic (exact) mass is 481 g/mol. The van der Waals surface area contributed by atoms with Gasteiger partial charge in [0.15, 0.2) is 15.8 Å². The van der Waals surface area contributed by atoms with Crippen molar-refractivity contribution in [2.45, 2.75) is 0 Å². The van der Waals surface area contributed by atoms with E-state index in [1.165, 1.54) is 23.8 Å². The zero-order valence-electron chi connectivity index (χ0n) is 16.8. The molecule has 8 heteroatoms. The first-order chi connectivity index (χ1) is 15.5. The van der Waals surface area contributed by atoms with Gasteiger partial charge in [0.1, 0.15) is 0 Å². The standard InChI is InChI=1S/C24H16ClNO4S2/c1-29-20-13-15(7-12-19(20)30-23(28)16-8-10-17(25)11-9-16)14-21-22(27)26(24(31)32-21)18-5-3-2-4-6-18/h2-14H,1H3. The van der Waals surface area contributed by atoms with Crippen LogP contribution in [0.15, 0.2) is 77.7 Å². The largest absolute Gasteiger partial charge is 0.493 e. The first-order valence-electron chi connectivity index (χ1n) is 9.45. The van der Waals surface area contributed by atoms with Gasteiger partial charge in [-0.05, 0) is 60.2 Å². The molecule has 32 heavy (non-hydrogen) atoms. The Kier molecular flexibility index (Phi) is 6.60. The lowest BCUT2D eigenvalue weighted by molar-refractivity contribution is -0.113. The molecule has 1 amide bonds. The highest BCUT2D eigenvalue weighted by Crippen LogP contribution is 2.37. The summed E-state index contributed by atoms with van der Waals surface area (Å²) in [5.74, 6) is -0.0964. The van der Waals surface area contributed by atoms with Crippen molar-refractivity contribution in [1.82, 2.24) is 0 Å². The zero-order valence-corrected chi connectivity index (χ0v) is 19.2. The van der Waals surface area contributed by atoms with Crippen molar-refractivity contribution in [3.8, 4) is 11.5 Å². The van der Waals surface area contributed by atoms with Gasteiger partial charge in [-0.2, -0.15) is 0 Å². The van der Waals surface area contributed by atoms with Crippen molar-refractivity contribution in [3.63, 3.8) is 0 Å². The first kappa shape index (κ1) is 22.1. The molecular formula is C24H16ClNO4S2. The SMILES string of the molecule is COc1cc(C=C2SC(=S)N(c3ccccc3)C2=O)ccc1OC(=O)c1ccc(Cl)cc1. The van der Waals surface area contributed by atoms with Gasteiger partial charge < -0.3 is 9.47 Å². The average molecular weight is 482 g/mol. The molecule has 1 aliphatic rings. The van der Waals surface area contributed by atoms with Gasteiger partial charge in [-0.15, -0.1) is 0 Å². The zero-order chi connectivity index (χ0) is 22.7. The van der Waals surface area contributed by atoms with Crippen LogP contribution in [-0.4, -0.2) is 23.3 Å². The smallest absolute Gasteiger partial charge is 0.343 e. The number of hydrogen-bond donors (Lipinski definition) is 0. The van der Waals surface area contributed by atoms with Crippen LogP contribution in [0.25, 0.3) is 6.08 Å². The molecule has 1 fully saturated rings. The number of carbonyl (C=O) groups is 2. The molecule has 160 valence electrons. The van der Waals surface area contributed by atoms with E-state index in [4.69, 9.17) is 33.3 Å². The van der Waals surface area contributed by atoms with Crippen LogP contribution in [0.4, 0.5) is 5.69 Å². The summed E-state index contributed by atoms with van der Waals surface area (Å²) in [4.78, 5) is 27.3. The van der Waals surface area contributed by atoms with Gasteiger partial charge in [-0.25, -0.2) is 4.79 Å². The summed E-state index contributed by atoms with van der Waals surface area (Å²) in [7, 11) is 1.48. The topological polar surface area (TPSA) is 55.8 Å². The molecule has 0 unspecified atom stereocenters. The maximum absolute atomic E-state index is 12.9. The Morgan fingerprint density at radius 1 is 1.03 bits per heavy atom. The van der Waals surface area contributed by atoms with Crippen LogP contribution < -0.4 is 14.4 Å². The van der Waals surface area contributed by atoms with Gasteiger partial charge >= 0.3 is 5.97 Å². The summed E-state index contributed by atoms with van der Waals surface area (Å²) in [6, 6.07) is 20.7. The van der Waals surface area contributed by atoms with Gasteiger partial charge in [-0.1, -0.05) is 59.8 Å². The Balaban J connectivity index is 1.56. The highest BCUT2D eigenvalue weighted by atomic mass is 35.5. The predicted octanol–water partition coefficient (Wildman–Crippen LogP) is 5.97. The maximum atomic E-state index is 12.9. The molecular weight excluding hydrogens is 466 g/mol. The molecule has 0 bridgehead atoms. The van der Waals surface area contributed by atoms with Crippen molar-refractivity contribution in [3.05, 3.63) is 93.9 Å². The lowest BCUT2D eigenvalue weighted by Crippen LogP contribution is -2.27. The van der Waals surface area contributed by atoms with E-state index in [9.17, 15) is 9.59 Å². The molecule has 0 aliphatic carbocycles. The third kappa shape index (κ3) is 4.70. The second-order valence-electron chi connectivity index (χ2n) is 6.66. The minimum atomic E-state index is -0.531. The number of hydrogen-bond acceptors (Lipinski definition) is 6. The van der Waals surface area contributed by atoms with E-state index in [0.29, 0.717) is 31.1 Å².